The molecular weight excluding hydrogens is 316 g/mol. The van der Waals surface area contributed by atoms with Crippen LogP contribution in [0, 0.1) is 0 Å². The van der Waals surface area contributed by atoms with Crippen LogP contribution in [-0.4, -0.2) is 56.7 Å². The number of cyclic esters (lactones) is 1. The SMILES string of the molecule is COC[C@@](O)(c1ccccc1)[C@H]1O[C@](C)(OC)[C@@](C)(OC)OC1=O. The topological polar surface area (TPSA) is 83.5 Å². The standard InChI is InChI=1S/C17H24O7/c1-15(21-4)16(2,22-5)24-14(18)13(23-15)17(19,11-20-3)12-9-7-6-8-10-12/h6-10,13,19H,11H2,1-5H3/t13-,15-,16-,17+/m0/s1. The van der Waals surface area contributed by atoms with Crippen molar-refractivity contribution in [2.75, 3.05) is 27.9 Å². The molecule has 1 saturated heterocycles. The molecule has 1 aliphatic heterocycles. The summed E-state index contributed by atoms with van der Waals surface area (Å²) in [6.07, 6.45) is -1.35. The van der Waals surface area contributed by atoms with Crippen molar-refractivity contribution in [3.8, 4) is 0 Å². The van der Waals surface area contributed by atoms with Gasteiger partial charge in [0.05, 0.1) is 6.61 Å². The molecule has 1 aromatic carbocycles. The fourth-order valence-electron chi connectivity index (χ4n) is 2.73. The Balaban J connectivity index is 2.46. The van der Waals surface area contributed by atoms with E-state index in [0.29, 0.717) is 5.56 Å². The molecule has 4 atom stereocenters. The van der Waals surface area contributed by atoms with Crippen LogP contribution in [0.3, 0.4) is 0 Å². The summed E-state index contributed by atoms with van der Waals surface area (Å²) in [5.74, 6) is -3.64. The van der Waals surface area contributed by atoms with Gasteiger partial charge in [0.2, 0.25) is 5.79 Å². The first-order valence-electron chi connectivity index (χ1n) is 7.54. The summed E-state index contributed by atoms with van der Waals surface area (Å²) in [4.78, 5) is 12.6. The second-order valence-electron chi connectivity index (χ2n) is 5.94. The Morgan fingerprint density at radius 2 is 1.71 bits per heavy atom. The highest BCUT2D eigenvalue weighted by Crippen LogP contribution is 2.42. The maximum Gasteiger partial charge on any atom is 0.341 e. The third-order valence-electron chi connectivity index (χ3n) is 4.53. The lowest BCUT2D eigenvalue weighted by Gasteiger charge is -2.50. The second kappa shape index (κ2) is 6.78. The van der Waals surface area contributed by atoms with Gasteiger partial charge < -0.3 is 28.8 Å². The summed E-state index contributed by atoms with van der Waals surface area (Å²) in [5, 5.41) is 11.2. The van der Waals surface area contributed by atoms with Crippen LogP contribution >= 0.6 is 0 Å². The Morgan fingerprint density at radius 1 is 1.12 bits per heavy atom. The summed E-state index contributed by atoms with van der Waals surface area (Å²) in [6.45, 7) is 2.94. The zero-order valence-corrected chi connectivity index (χ0v) is 14.6. The molecule has 0 aliphatic carbocycles. The fourth-order valence-corrected chi connectivity index (χ4v) is 2.73. The molecule has 0 aromatic heterocycles. The second-order valence-corrected chi connectivity index (χ2v) is 5.94. The molecule has 1 heterocycles. The predicted octanol–water partition coefficient (Wildman–Crippen LogP) is 1.19. The number of esters is 1. The van der Waals surface area contributed by atoms with Crippen LogP contribution in [0.2, 0.25) is 0 Å². The fraction of sp³-hybridized carbons (Fsp3) is 0.588. The number of rotatable bonds is 6. The lowest BCUT2D eigenvalue weighted by molar-refractivity contribution is -0.418. The molecule has 1 fully saturated rings. The summed E-state index contributed by atoms with van der Waals surface area (Å²) >= 11 is 0. The van der Waals surface area contributed by atoms with Crippen molar-refractivity contribution < 1.29 is 33.6 Å². The zero-order valence-electron chi connectivity index (χ0n) is 14.6. The monoisotopic (exact) mass is 340 g/mol. The molecule has 1 aromatic rings. The van der Waals surface area contributed by atoms with E-state index in [0.717, 1.165) is 0 Å². The van der Waals surface area contributed by atoms with Gasteiger partial charge in [-0.25, -0.2) is 4.79 Å². The van der Waals surface area contributed by atoms with E-state index < -0.39 is 29.2 Å². The Bertz CT molecular complexity index is 578. The first-order chi connectivity index (χ1) is 11.3. The van der Waals surface area contributed by atoms with Gasteiger partial charge in [0, 0.05) is 28.3 Å². The van der Waals surface area contributed by atoms with Crippen LogP contribution in [-0.2, 0) is 34.1 Å². The van der Waals surface area contributed by atoms with Gasteiger partial charge in [-0.15, -0.1) is 0 Å². The average molecular weight is 340 g/mol. The summed E-state index contributed by atoms with van der Waals surface area (Å²) in [6, 6.07) is 8.67. The zero-order chi connectivity index (χ0) is 18.0. The van der Waals surface area contributed by atoms with Crippen LogP contribution in [0.25, 0.3) is 0 Å². The van der Waals surface area contributed by atoms with Gasteiger partial charge in [-0.1, -0.05) is 30.3 Å². The number of hydrogen-bond donors (Lipinski definition) is 1. The van der Waals surface area contributed by atoms with Gasteiger partial charge in [0.15, 0.2) is 6.10 Å². The van der Waals surface area contributed by atoms with Crippen LogP contribution in [0.5, 0.6) is 0 Å². The maximum atomic E-state index is 12.6. The van der Waals surface area contributed by atoms with E-state index in [1.165, 1.54) is 28.3 Å². The largest absolute Gasteiger partial charge is 0.425 e. The van der Waals surface area contributed by atoms with Crippen molar-refractivity contribution in [3.05, 3.63) is 35.9 Å². The average Bonchev–Trinajstić information content (AvgIpc) is 2.59. The van der Waals surface area contributed by atoms with E-state index in [4.69, 9.17) is 23.7 Å². The van der Waals surface area contributed by atoms with Gasteiger partial charge in [-0.3, -0.25) is 0 Å². The van der Waals surface area contributed by atoms with Crippen LogP contribution in [0.1, 0.15) is 19.4 Å². The number of hydrogen-bond acceptors (Lipinski definition) is 7. The molecule has 2 rings (SSSR count). The molecule has 0 spiro atoms. The first-order valence-corrected chi connectivity index (χ1v) is 7.54. The predicted molar refractivity (Wildman–Crippen MR) is 84.0 cm³/mol. The van der Waals surface area contributed by atoms with E-state index in [9.17, 15) is 9.90 Å². The van der Waals surface area contributed by atoms with Gasteiger partial charge in [0.1, 0.15) is 5.60 Å². The van der Waals surface area contributed by atoms with Gasteiger partial charge in [-0.2, -0.15) is 0 Å². The molecule has 0 bridgehead atoms. The van der Waals surface area contributed by atoms with Crippen molar-refractivity contribution in [2.45, 2.75) is 37.1 Å². The number of carbonyl (C=O) groups is 1. The van der Waals surface area contributed by atoms with Crippen LogP contribution in [0.15, 0.2) is 30.3 Å². The third kappa shape index (κ3) is 2.94. The third-order valence-corrected chi connectivity index (χ3v) is 4.53. The van der Waals surface area contributed by atoms with Crippen LogP contribution < -0.4 is 0 Å². The van der Waals surface area contributed by atoms with Gasteiger partial charge >= 0.3 is 5.97 Å². The maximum absolute atomic E-state index is 12.6. The van der Waals surface area contributed by atoms with Crippen molar-refractivity contribution in [2.24, 2.45) is 0 Å². The molecule has 0 amide bonds. The van der Waals surface area contributed by atoms with E-state index in [1.54, 1.807) is 37.3 Å². The molecule has 0 saturated carbocycles. The highest BCUT2D eigenvalue weighted by Gasteiger charge is 2.62. The van der Waals surface area contributed by atoms with Crippen molar-refractivity contribution in [1.29, 1.82) is 0 Å². The molecule has 1 N–H and O–H groups in total. The lowest BCUT2D eigenvalue weighted by Crippen LogP contribution is -2.68. The van der Waals surface area contributed by atoms with Gasteiger partial charge in [0.25, 0.3) is 5.79 Å². The molecule has 7 nitrogen and oxygen atoms in total. The smallest absolute Gasteiger partial charge is 0.341 e. The lowest BCUT2D eigenvalue weighted by atomic mass is 9.87. The molecule has 0 radical (unpaired) electrons. The highest BCUT2D eigenvalue weighted by molar-refractivity contribution is 5.78. The minimum Gasteiger partial charge on any atom is -0.425 e. The van der Waals surface area contributed by atoms with E-state index in [-0.39, 0.29) is 6.61 Å². The molecule has 24 heavy (non-hydrogen) atoms. The Kier molecular flexibility index (Phi) is 5.31. The molecule has 134 valence electrons. The number of aliphatic hydroxyl groups is 1. The van der Waals surface area contributed by atoms with E-state index in [2.05, 4.69) is 0 Å². The molecular formula is C17H24O7. The molecule has 1 aliphatic rings. The van der Waals surface area contributed by atoms with Crippen LogP contribution in [0.4, 0.5) is 0 Å². The van der Waals surface area contributed by atoms with Gasteiger partial charge in [-0.05, 0) is 12.5 Å². The van der Waals surface area contributed by atoms with Crippen molar-refractivity contribution in [1.82, 2.24) is 0 Å². The Labute approximate surface area is 141 Å². The molecule has 0 unspecified atom stereocenters. The first kappa shape index (κ1) is 18.8. The Hall–Kier alpha value is -1.51. The minimum absolute atomic E-state index is 0.166. The number of ether oxygens (including phenoxy) is 5. The van der Waals surface area contributed by atoms with Crippen molar-refractivity contribution in [3.63, 3.8) is 0 Å². The van der Waals surface area contributed by atoms with E-state index >= 15 is 0 Å². The number of carbonyl (C=O) groups excluding carboxylic acids is 1. The van der Waals surface area contributed by atoms with Crippen molar-refractivity contribution >= 4 is 5.97 Å². The minimum atomic E-state index is -1.75. The summed E-state index contributed by atoms with van der Waals surface area (Å²) < 4.78 is 27.1. The number of methoxy groups -OCH3 is 3. The van der Waals surface area contributed by atoms with E-state index in [1.807, 2.05) is 0 Å². The summed E-state index contributed by atoms with van der Waals surface area (Å²) in [5.41, 5.74) is -1.28. The quantitative estimate of drug-likeness (QED) is 0.779. The molecule has 7 heteroatoms. The Morgan fingerprint density at radius 3 is 2.21 bits per heavy atom. The summed E-state index contributed by atoms with van der Waals surface area (Å²) in [7, 11) is 4.22. The number of benzene rings is 1. The highest BCUT2D eigenvalue weighted by atomic mass is 16.8. The normalized spacial score (nSPS) is 32.9.